The third kappa shape index (κ3) is 2.61. The Morgan fingerprint density at radius 1 is 1.44 bits per heavy atom. The van der Waals surface area contributed by atoms with E-state index in [0.717, 1.165) is 18.1 Å². The SMILES string of the molecule is CCCNc1nc(-c2c(F)cccc2OC)cs1. The topological polar surface area (TPSA) is 34.2 Å². The normalized spacial score (nSPS) is 10.4. The summed E-state index contributed by atoms with van der Waals surface area (Å²) in [4.78, 5) is 4.37. The summed E-state index contributed by atoms with van der Waals surface area (Å²) >= 11 is 1.47. The number of aromatic nitrogens is 1. The lowest BCUT2D eigenvalue weighted by Gasteiger charge is -2.06. The van der Waals surface area contributed by atoms with E-state index in [0.29, 0.717) is 17.0 Å². The number of benzene rings is 1. The number of anilines is 1. The van der Waals surface area contributed by atoms with E-state index in [4.69, 9.17) is 4.74 Å². The first-order valence-corrected chi connectivity index (χ1v) is 6.66. The summed E-state index contributed by atoms with van der Waals surface area (Å²) in [5.74, 6) is 0.184. The number of ether oxygens (including phenoxy) is 1. The van der Waals surface area contributed by atoms with Crippen molar-refractivity contribution in [3.8, 4) is 17.0 Å². The second kappa shape index (κ2) is 5.82. The summed E-state index contributed by atoms with van der Waals surface area (Å²) < 4.78 is 19.0. The van der Waals surface area contributed by atoms with Crippen molar-refractivity contribution < 1.29 is 9.13 Å². The van der Waals surface area contributed by atoms with Crippen LogP contribution in [0.15, 0.2) is 23.6 Å². The molecule has 96 valence electrons. The molecule has 0 radical (unpaired) electrons. The summed E-state index contributed by atoms with van der Waals surface area (Å²) in [6.45, 7) is 2.95. The highest BCUT2D eigenvalue weighted by molar-refractivity contribution is 7.14. The lowest BCUT2D eigenvalue weighted by atomic mass is 10.1. The Morgan fingerprint density at radius 2 is 2.28 bits per heavy atom. The number of hydrogen-bond acceptors (Lipinski definition) is 4. The summed E-state index contributed by atoms with van der Waals surface area (Å²) in [7, 11) is 1.53. The summed E-state index contributed by atoms with van der Waals surface area (Å²) in [5.41, 5.74) is 1.02. The van der Waals surface area contributed by atoms with Crippen LogP contribution >= 0.6 is 11.3 Å². The Hall–Kier alpha value is -1.62. The standard InChI is InChI=1S/C13H15FN2OS/c1-3-7-15-13-16-10(8-18-13)12-9(14)5-4-6-11(12)17-2/h4-6,8H,3,7H2,1-2H3,(H,15,16). The fourth-order valence-corrected chi connectivity index (χ4v) is 2.35. The molecule has 0 bridgehead atoms. The monoisotopic (exact) mass is 266 g/mol. The fraction of sp³-hybridized carbons (Fsp3) is 0.308. The van der Waals surface area contributed by atoms with Crippen LogP contribution in [0, 0.1) is 5.82 Å². The van der Waals surface area contributed by atoms with Crippen LogP contribution < -0.4 is 10.1 Å². The zero-order valence-corrected chi connectivity index (χ0v) is 11.2. The van der Waals surface area contributed by atoms with Gasteiger partial charge >= 0.3 is 0 Å². The van der Waals surface area contributed by atoms with Crippen molar-refractivity contribution in [2.45, 2.75) is 13.3 Å². The number of halogens is 1. The highest BCUT2D eigenvalue weighted by Crippen LogP contribution is 2.34. The van der Waals surface area contributed by atoms with Crippen molar-refractivity contribution >= 4 is 16.5 Å². The minimum Gasteiger partial charge on any atom is -0.496 e. The first kappa shape index (κ1) is 12.8. The molecule has 1 aromatic heterocycles. The third-order valence-electron chi connectivity index (χ3n) is 2.48. The van der Waals surface area contributed by atoms with Gasteiger partial charge in [0.05, 0.1) is 18.4 Å². The number of hydrogen-bond donors (Lipinski definition) is 1. The van der Waals surface area contributed by atoms with Gasteiger partial charge in [-0.1, -0.05) is 13.0 Å². The van der Waals surface area contributed by atoms with Gasteiger partial charge in [-0.25, -0.2) is 9.37 Å². The van der Waals surface area contributed by atoms with Crippen LogP contribution in [-0.2, 0) is 0 Å². The third-order valence-corrected chi connectivity index (χ3v) is 3.28. The summed E-state index contributed by atoms with van der Waals surface area (Å²) in [5, 5.41) is 5.82. The van der Waals surface area contributed by atoms with E-state index in [9.17, 15) is 4.39 Å². The average molecular weight is 266 g/mol. The van der Waals surface area contributed by atoms with Gasteiger partial charge in [-0.2, -0.15) is 0 Å². The van der Waals surface area contributed by atoms with Gasteiger partial charge in [0.25, 0.3) is 0 Å². The maximum absolute atomic E-state index is 13.8. The van der Waals surface area contributed by atoms with Gasteiger partial charge < -0.3 is 10.1 Å². The second-order valence-electron chi connectivity index (χ2n) is 3.78. The van der Waals surface area contributed by atoms with Gasteiger partial charge in [0.2, 0.25) is 0 Å². The molecule has 0 spiro atoms. The molecule has 5 heteroatoms. The molecule has 3 nitrogen and oxygen atoms in total. The minimum atomic E-state index is -0.318. The highest BCUT2D eigenvalue weighted by Gasteiger charge is 2.14. The molecular weight excluding hydrogens is 251 g/mol. The number of rotatable bonds is 5. The largest absolute Gasteiger partial charge is 0.496 e. The average Bonchev–Trinajstić information content (AvgIpc) is 2.84. The number of nitrogens with one attached hydrogen (secondary N) is 1. The first-order chi connectivity index (χ1) is 8.76. The Bertz CT molecular complexity index is 527. The van der Waals surface area contributed by atoms with Crippen molar-refractivity contribution in [1.29, 1.82) is 0 Å². The molecule has 0 aliphatic carbocycles. The quantitative estimate of drug-likeness (QED) is 0.894. The summed E-state index contributed by atoms with van der Waals surface area (Å²) in [6, 6.07) is 4.77. The molecule has 1 N–H and O–H groups in total. The van der Waals surface area contributed by atoms with Crippen molar-refractivity contribution in [3.63, 3.8) is 0 Å². The van der Waals surface area contributed by atoms with Crippen LogP contribution in [0.5, 0.6) is 5.75 Å². The molecule has 0 amide bonds. The lowest BCUT2D eigenvalue weighted by molar-refractivity contribution is 0.413. The van der Waals surface area contributed by atoms with Crippen molar-refractivity contribution in [1.82, 2.24) is 4.98 Å². The van der Waals surface area contributed by atoms with Crippen molar-refractivity contribution in [3.05, 3.63) is 29.4 Å². The predicted molar refractivity (Wildman–Crippen MR) is 72.8 cm³/mol. The van der Waals surface area contributed by atoms with E-state index in [2.05, 4.69) is 17.2 Å². The van der Waals surface area contributed by atoms with Crippen LogP contribution in [0.1, 0.15) is 13.3 Å². The van der Waals surface area contributed by atoms with Gasteiger partial charge in [-0.15, -0.1) is 11.3 Å². The molecule has 0 unspecified atom stereocenters. The van der Waals surface area contributed by atoms with E-state index < -0.39 is 0 Å². The molecule has 0 aliphatic rings. The van der Waals surface area contributed by atoms with Gasteiger partial charge in [0.15, 0.2) is 5.13 Å². The molecule has 2 aromatic rings. The van der Waals surface area contributed by atoms with Gasteiger partial charge in [0.1, 0.15) is 11.6 Å². The van der Waals surface area contributed by atoms with Crippen LogP contribution in [-0.4, -0.2) is 18.6 Å². The molecule has 0 atom stereocenters. The zero-order chi connectivity index (χ0) is 13.0. The lowest BCUT2D eigenvalue weighted by Crippen LogP contribution is -1.99. The van der Waals surface area contributed by atoms with E-state index in [1.165, 1.54) is 24.5 Å². The van der Waals surface area contributed by atoms with Crippen LogP contribution in [0.25, 0.3) is 11.3 Å². The fourth-order valence-electron chi connectivity index (χ4n) is 1.62. The van der Waals surface area contributed by atoms with Gasteiger partial charge in [0, 0.05) is 11.9 Å². The predicted octanol–water partition coefficient (Wildman–Crippen LogP) is 3.78. The number of nitrogens with zero attached hydrogens (tertiary/aromatic N) is 1. The van der Waals surface area contributed by atoms with Crippen LogP contribution in [0.2, 0.25) is 0 Å². The molecule has 2 rings (SSSR count). The molecule has 0 saturated heterocycles. The summed E-state index contributed by atoms with van der Waals surface area (Å²) in [6.07, 6.45) is 1.03. The molecule has 0 aliphatic heterocycles. The van der Waals surface area contributed by atoms with Gasteiger partial charge in [-0.05, 0) is 18.6 Å². The molecule has 1 aromatic carbocycles. The van der Waals surface area contributed by atoms with Crippen LogP contribution in [0.3, 0.4) is 0 Å². The van der Waals surface area contributed by atoms with Crippen molar-refractivity contribution in [2.24, 2.45) is 0 Å². The van der Waals surface area contributed by atoms with E-state index >= 15 is 0 Å². The minimum absolute atomic E-state index is 0.318. The molecule has 0 fully saturated rings. The second-order valence-corrected chi connectivity index (χ2v) is 4.64. The number of thiazole rings is 1. The van der Waals surface area contributed by atoms with Crippen molar-refractivity contribution in [2.75, 3.05) is 19.0 Å². The van der Waals surface area contributed by atoms with E-state index in [1.54, 1.807) is 12.1 Å². The Kier molecular flexibility index (Phi) is 4.15. The van der Waals surface area contributed by atoms with E-state index in [1.807, 2.05) is 5.38 Å². The molecule has 18 heavy (non-hydrogen) atoms. The van der Waals surface area contributed by atoms with Gasteiger partial charge in [-0.3, -0.25) is 0 Å². The molecule has 0 saturated carbocycles. The molecular formula is C13H15FN2OS. The van der Waals surface area contributed by atoms with E-state index in [-0.39, 0.29) is 5.82 Å². The molecule has 1 heterocycles. The Labute approximate surface area is 110 Å². The number of methoxy groups -OCH3 is 1. The maximum Gasteiger partial charge on any atom is 0.183 e. The smallest absolute Gasteiger partial charge is 0.183 e. The van der Waals surface area contributed by atoms with Crippen LogP contribution in [0.4, 0.5) is 9.52 Å². The highest BCUT2D eigenvalue weighted by atomic mass is 32.1. The maximum atomic E-state index is 13.8. The Balaban J connectivity index is 2.33. The Morgan fingerprint density at radius 3 is 3.00 bits per heavy atom. The first-order valence-electron chi connectivity index (χ1n) is 5.78. The zero-order valence-electron chi connectivity index (χ0n) is 10.4.